The molecule has 1 heterocycles. The molecule has 2 N–H and O–H groups in total. The first-order chi connectivity index (χ1) is 10.0. The molecule has 21 heavy (non-hydrogen) atoms. The monoisotopic (exact) mass is 309 g/mol. The number of hydrogen-bond acceptors (Lipinski definition) is 3. The lowest BCUT2D eigenvalue weighted by Gasteiger charge is -2.39. The van der Waals surface area contributed by atoms with Gasteiger partial charge in [-0.15, -0.1) is 0 Å². The molecule has 0 radical (unpaired) electrons. The van der Waals surface area contributed by atoms with Crippen LogP contribution in [0.15, 0.2) is 18.2 Å². The molecule has 0 aromatic heterocycles. The summed E-state index contributed by atoms with van der Waals surface area (Å²) in [6, 6.07) is 7.02. The number of nitrogens with zero attached hydrogens (tertiary/aromatic N) is 2. The Morgan fingerprint density at radius 2 is 1.86 bits per heavy atom. The van der Waals surface area contributed by atoms with Crippen molar-refractivity contribution in [2.24, 2.45) is 5.73 Å². The summed E-state index contributed by atoms with van der Waals surface area (Å²) in [6.45, 7) is 11.0. The van der Waals surface area contributed by atoms with Crippen LogP contribution in [-0.2, 0) is 6.42 Å². The van der Waals surface area contributed by atoms with Crippen LogP contribution in [0.25, 0.3) is 0 Å². The Labute approximate surface area is 134 Å². The molecule has 1 aliphatic rings. The third kappa shape index (κ3) is 4.12. The molecule has 0 bridgehead atoms. The van der Waals surface area contributed by atoms with Crippen LogP contribution in [0.2, 0.25) is 5.02 Å². The van der Waals surface area contributed by atoms with Gasteiger partial charge < -0.3 is 10.6 Å². The van der Waals surface area contributed by atoms with E-state index in [-0.39, 0.29) is 6.04 Å². The molecule has 3 nitrogen and oxygen atoms in total. The molecular weight excluding hydrogens is 282 g/mol. The fraction of sp³-hybridized carbons (Fsp3) is 0.647. The second kappa shape index (κ2) is 7.48. The van der Waals surface area contributed by atoms with Crippen LogP contribution in [0.5, 0.6) is 0 Å². The normalized spacial score (nSPS) is 18.3. The second-order valence-corrected chi connectivity index (χ2v) is 6.63. The van der Waals surface area contributed by atoms with E-state index in [9.17, 15) is 0 Å². The van der Waals surface area contributed by atoms with Crippen LogP contribution < -0.4 is 10.6 Å². The largest absolute Gasteiger partial charge is 0.369 e. The Bertz CT molecular complexity index is 453. The van der Waals surface area contributed by atoms with Crippen molar-refractivity contribution in [1.29, 1.82) is 0 Å². The van der Waals surface area contributed by atoms with Crippen LogP contribution in [0.3, 0.4) is 0 Å². The fourth-order valence-corrected chi connectivity index (χ4v) is 3.18. The van der Waals surface area contributed by atoms with Crippen molar-refractivity contribution in [1.82, 2.24) is 4.90 Å². The van der Waals surface area contributed by atoms with Gasteiger partial charge in [-0.05, 0) is 44.4 Å². The number of piperazine rings is 1. The van der Waals surface area contributed by atoms with E-state index in [1.165, 1.54) is 11.3 Å². The van der Waals surface area contributed by atoms with Crippen molar-refractivity contribution in [3.8, 4) is 0 Å². The molecule has 1 saturated heterocycles. The number of rotatable bonds is 5. The minimum absolute atomic E-state index is 0.181. The highest BCUT2D eigenvalue weighted by Gasteiger charge is 2.22. The Morgan fingerprint density at radius 3 is 2.43 bits per heavy atom. The zero-order chi connectivity index (χ0) is 15.4. The molecule has 1 atom stereocenters. The minimum Gasteiger partial charge on any atom is -0.369 e. The third-order valence-electron chi connectivity index (χ3n) is 4.47. The van der Waals surface area contributed by atoms with Gasteiger partial charge in [0, 0.05) is 49.0 Å². The zero-order valence-electron chi connectivity index (χ0n) is 13.5. The van der Waals surface area contributed by atoms with Crippen molar-refractivity contribution in [3.63, 3.8) is 0 Å². The number of benzene rings is 1. The van der Waals surface area contributed by atoms with Crippen molar-refractivity contribution >= 4 is 17.3 Å². The van der Waals surface area contributed by atoms with Gasteiger partial charge in [-0.3, -0.25) is 4.90 Å². The maximum Gasteiger partial charge on any atom is 0.0459 e. The lowest BCUT2D eigenvalue weighted by molar-refractivity contribution is 0.209. The quantitative estimate of drug-likeness (QED) is 0.907. The van der Waals surface area contributed by atoms with Gasteiger partial charge in [-0.1, -0.05) is 24.6 Å². The Kier molecular flexibility index (Phi) is 5.91. The molecular formula is C17H28ClN3. The van der Waals surface area contributed by atoms with Crippen molar-refractivity contribution in [2.45, 2.75) is 45.7 Å². The summed E-state index contributed by atoms with van der Waals surface area (Å²) >= 11 is 6.44. The summed E-state index contributed by atoms with van der Waals surface area (Å²) in [5, 5.41) is 0.850. The average Bonchev–Trinajstić information content (AvgIpc) is 2.49. The van der Waals surface area contributed by atoms with Gasteiger partial charge >= 0.3 is 0 Å². The fourth-order valence-electron chi connectivity index (χ4n) is 2.93. The van der Waals surface area contributed by atoms with Gasteiger partial charge in [0.1, 0.15) is 0 Å². The molecule has 1 unspecified atom stereocenters. The van der Waals surface area contributed by atoms with E-state index in [1.807, 2.05) is 12.1 Å². The SMILES string of the molecule is CCC(N)Cc1c(Cl)cccc1N1CCN(C(C)C)CC1. The van der Waals surface area contributed by atoms with Crippen LogP contribution in [-0.4, -0.2) is 43.2 Å². The molecule has 1 aromatic carbocycles. The maximum atomic E-state index is 6.44. The van der Waals surface area contributed by atoms with E-state index < -0.39 is 0 Å². The van der Waals surface area contributed by atoms with E-state index in [0.717, 1.165) is 44.0 Å². The lowest BCUT2D eigenvalue weighted by atomic mass is 10.0. The lowest BCUT2D eigenvalue weighted by Crippen LogP contribution is -2.49. The van der Waals surface area contributed by atoms with Crippen molar-refractivity contribution in [3.05, 3.63) is 28.8 Å². The smallest absolute Gasteiger partial charge is 0.0459 e. The molecule has 1 aromatic rings. The van der Waals surface area contributed by atoms with Crippen molar-refractivity contribution in [2.75, 3.05) is 31.1 Å². The van der Waals surface area contributed by atoms with E-state index in [2.05, 4.69) is 36.6 Å². The van der Waals surface area contributed by atoms with Gasteiger partial charge in [-0.25, -0.2) is 0 Å². The van der Waals surface area contributed by atoms with Gasteiger partial charge in [0.05, 0.1) is 0 Å². The molecule has 118 valence electrons. The highest BCUT2D eigenvalue weighted by Crippen LogP contribution is 2.30. The standard InChI is InChI=1S/C17H28ClN3/c1-4-14(19)12-15-16(18)6-5-7-17(15)21-10-8-20(9-11-21)13(2)3/h5-7,13-14H,4,8-12,19H2,1-3H3. The summed E-state index contributed by atoms with van der Waals surface area (Å²) < 4.78 is 0. The first kappa shape index (κ1) is 16.6. The van der Waals surface area contributed by atoms with Crippen LogP contribution >= 0.6 is 11.6 Å². The topological polar surface area (TPSA) is 32.5 Å². The average molecular weight is 310 g/mol. The van der Waals surface area contributed by atoms with Gasteiger partial charge in [0.25, 0.3) is 0 Å². The van der Waals surface area contributed by atoms with Crippen LogP contribution in [0, 0.1) is 0 Å². The molecule has 0 aliphatic carbocycles. The number of anilines is 1. The Morgan fingerprint density at radius 1 is 1.19 bits per heavy atom. The summed E-state index contributed by atoms with van der Waals surface area (Å²) in [6.07, 6.45) is 1.84. The predicted molar refractivity (Wildman–Crippen MR) is 92.3 cm³/mol. The van der Waals surface area contributed by atoms with E-state index in [0.29, 0.717) is 6.04 Å². The number of halogens is 1. The second-order valence-electron chi connectivity index (χ2n) is 6.23. The molecule has 0 saturated carbocycles. The molecule has 2 rings (SSSR count). The first-order valence-corrected chi connectivity index (χ1v) is 8.42. The minimum atomic E-state index is 0.181. The zero-order valence-corrected chi connectivity index (χ0v) is 14.2. The van der Waals surface area contributed by atoms with E-state index >= 15 is 0 Å². The summed E-state index contributed by atoms with van der Waals surface area (Å²) in [5.74, 6) is 0. The van der Waals surface area contributed by atoms with E-state index in [1.54, 1.807) is 0 Å². The summed E-state index contributed by atoms with van der Waals surface area (Å²) in [5.41, 5.74) is 8.64. The predicted octanol–water partition coefficient (Wildman–Crippen LogP) is 3.15. The number of hydrogen-bond donors (Lipinski definition) is 1. The summed E-state index contributed by atoms with van der Waals surface area (Å²) in [7, 11) is 0. The molecule has 0 amide bonds. The van der Waals surface area contributed by atoms with Gasteiger partial charge in [0.15, 0.2) is 0 Å². The number of nitrogens with two attached hydrogens (primary N) is 1. The van der Waals surface area contributed by atoms with E-state index in [4.69, 9.17) is 17.3 Å². The Balaban J connectivity index is 2.15. The molecule has 1 fully saturated rings. The molecule has 1 aliphatic heterocycles. The highest BCUT2D eigenvalue weighted by molar-refractivity contribution is 6.31. The van der Waals surface area contributed by atoms with Crippen LogP contribution in [0.1, 0.15) is 32.8 Å². The van der Waals surface area contributed by atoms with Gasteiger partial charge in [-0.2, -0.15) is 0 Å². The maximum absolute atomic E-state index is 6.44. The molecule has 4 heteroatoms. The summed E-state index contributed by atoms with van der Waals surface area (Å²) in [4.78, 5) is 4.99. The van der Waals surface area contributed by atoms with Crippen LogP contribution in [0.4, 0.5) is 5.69 Å². The highest BCUT2D eigenvalue weighted by atomic mass is 35.5. The molecule has 0 spiro atoms. The first-order valence-electron chi connectivity index (χ1n) is 8.04. The van der Waals surface area contributed by atoms with Crippen molar-refractivity contribution < 1.29 is 0 Å². The third-order valence-corrected chi connectivity index (χ3v) is 4.82. The van der Waals surface area contributed by atoms with Gasteiger partial charge in [0.2, 0.25) is 0 Å². The Hall–Kier alpha value is -0.770.